The molecule has 0 spiro atoms. The number of fused-ring (bicyclic) bond motifs is 2. The fraction of sp³-hybridized carbons (Fsp3) is 0.148. The monoisotopic (exact) mass is 488 g/mol. The zero-order valence-corrected chi connectivity index (χ0v) is 20.3. The van der Waals surface area contributed by atoms with Crippen molar-refractivity contribution in [1.29, 1.82) is 0 Å². The quantitative estimate of drug-likeness (QED) is 0.185. The van der Waals surface area contributed by atoms with Crippen LogP contribution in [0.15, 0.2) is 99.7 Å². The molecule has 0 aliphatic heterocycles. The Bertz CT molecular complexity index is 1440. The van der Waals surface area contributed by atoms with Crippen molar-refractivity contribution < 1.29 is 13.1 Å². The third-order valence-electron chi connectivity index (χ3n) is 5.44. The van der Waals surface area contributed by atoms with Gasteiger partial charge in [0.2, 0.25) is 0 Å². The number of aromatic amines is 1. The molecule has 34 heavy (non-hydrogen) atoms. The maximum Gasteiger partial charge on any atom is 0.135 e. The molecular formula is C27H24N2O3S2. The molecule has 1 aromatic heterocycles. The molecule has 7 heteroatoms. The second kappa shape index (κ2) is 10.4. The number of nitrogens with zero attached hydrogens (tertiary/aromatic N) is 1. The van der Waals surface area contributed by atoms with Gasteiger partial charge >= 0.3 is 0 Å². The van der Waals surface area contributed by atoms with Crippen LogP contribution in [-0.2, 0) is 15.0 Å². The summed E-state index contributed by atoms with van der Waals surface area (Å²) in [5.41, 5.74) is 1.99. The molecule has 1 unspecified atom stereocenters. The van der Waals surface area contributed by atoms with E-state index < -0.39 is 10.8 Å². The molecular weight excluding hydrogens is 464 g/mol. The van der Waals surface area contributed by atoms with Crippen molar-refractivity contribution >= 4 is 44.5 Å². The van der Waals surface area contributed by atoms with Crippen molar-refractivity contribution in [2.75, 3.05) is 13.2 Å². The fourth-order valence-corrected chi connectivity index (χ4v) is 5.56. The van der Waals surface area contributed by atoms with Crippen LogP contribution < -0.4 is 4.74 Å². The molecule has 0 saturated carbocycles. The summed E-state index contributed by atoms with van der Waals surface area (Å²) in [5.74, 6) is 0.719. The van der Waals surface area contributed by atoms with Crippen molar-refractivity contribution in [3.63, 3.8) is 0 Å². The van der Waals surface area contributed by atoms with Gasteiger partial charge in [-0.3, -0.25) is 5.10 Å². The highest BCUT2D eigenvalue weighted by molar-refractivity contribution is 7.94. The first-order chi connectivity index (χ1) is 16.7. The topological polar surface area (TPSA) is 64.2 Å². The van der Waals surface area contributed by atoms with Gasteiger partial charge in [0.05, 0.1) is 23.6 Å². The number of nitrogens with one attached hydrogen (secondary N) is 1. The van der Waals surface area contributed by atoms with Crippen LogP contribution in [0.2, 0.25) is 0 Å². The lowest BCUT2D eigenvalue weighted by atomic mass is 10.1. The van der Waals surface area contributed by atoms with E-state index in [0.717, 1.165) is 43.6 Å². The molecule has 0 bridgehead atoms. The van der Waals surface area contributed by atoms with Gasteiger partial charge in [-0.05, 0) is 54.1 Å². The number of ether oxygens (including phenoxy) is 1. The van der Waals surface area contributed by atoms with Crippen molar-refractivity contribution in [3.05, 3.63) is 90.5 Å². The van der Waals surface area contributed by atoms with Crippen LogP contribution in [0.1, 0.15) is 12.0 Å². The van der Waals surface area contributed by atoms with Crippen LogP contribution in [0.3, 0.4) is 0 Å². The summed E-state index contributed by atoms with van der Waals surface area (Å²) in [7, 11) is -1.40. The number of aryl methyl sites for hydroxylation is 1. The van der Waals surface area contributed by atoms with Gasteiger partial charge in [0.15, 0.2) is 0 Å². The van der Waals surface area contributed by atoms with Gasteiger partial charge in [-0.1, -0.05) is 54.1 Å². The Labute approximate surface area is 205 Å². The van der Waals surface area contributed by atoms with Gasteiger partial charge < -0.3 is 8.92 Å². The number of hydrogen-bond donors (Lipinski definition) is 1. The van der Waals surface area contributed by atoms with E-state index in [-0.39, 0.29) is 0 Å². The van der Waals surface area contributed by atoms with Gasteiger partial charge in [0, 0.05) is 28.7 Å². The number of rotatable bonds is 9. The average molecular weight is 489 g/mol. The molecule has 0 fully saturated rings. The first kappa shape index (κ1) is 22.7. The first-order valence-electron chi connectivity index (χ1n) is 11.1. The molecule has 4 aromatic carbocycles. The molecule has 0 radical (unpaired) electrons. The standard InChI is InChI=1S/C27H24N2O3S2/c1-19-10-13-22(14-11-19)33-32-17-5-16-31-21-12-15-25-24(18-21)27(29-28-25)34(30)26-9-4-7-20-6-2-3-8-23(20)26/h2-4,6-15,18H,5,16-17H2,1H3,(H,28,29). The van der Waals surface area contributed by atoms with Gasteiger partial charge in [0.25, 0.3) is 0 Å². The van der Waals surface area contributed by atoms with E-state index in [2.05, 4.69) is 41.4 Å². The van der Waals surface area contributed by atoms with E-state index in [1.807, 2.05) is 60.7 Å². The van der Waals surface area contributed by atoms with Crippen LogP contribution in [0, 0.1) is 6.92 Å². The molecule has 0 aliphatic rings. The lowest BCUT2D eigenvalue weighted by Gasteiger charge is -2.08. The molecule has 0 aliphatic carbocycles. The van der Waals surface area contributed by atoms with Gasteiger partial charge in [0.1, 0.15) is 21.6 Å². The van der Waals surface area contributed by atoms with Crippen LogP contribution in [0.25, 0.3) is 21.7 Å². The van der Waals surface area contributed by atoms with Crippen LogP contribution in [-0.4, -0.2) is 27.6 Å². The van der Waals surface area contributed by atoms with E-state index in [4.69, 9.17) is 8.92 Å². The van der Waals surface area contributed by atoms with Gasteiger partial charge in [-0.15, -0.1) is 0 Å². The third-order valence-corrected chi connectivity index (χ3v) is 7.63. The lowest BCUT2D eigenvalue weighted by molar-refractivity contribution is 0.267. The summed E-state index contributed by atoms with van der Waals surface area (Å²) >= 11 is 1.38. The molecule has 5 rings (SSSR count). The number of aromatic nitrogens is 2. The molecule has 5 nitrogen and oxygen atoms in total. The molecule has 5 aromatic rings. The zero-order valence-electron chi connectivity index (χ0n) is 18.7. The normalized spacial score (nSPS) is 12.3. The summed E-state index contributed by atoms with van der Waals surface area (Å²) in [6.07, 6.45) is 0.761. The summed E-state index contributed by atoms with van der Waals surface area (Å²) in [4.78, 5) is 1.85. The minimum Gasteiger partial charge on any atom is -0.493 e. The Morgan fingerprint density at radius 1 is 0.912 bits per heavy atom. The Kier molecular flexibility index (Phi) is 6.94. The number of H-pyrrole nitrogens is 1. The Hall–Kier alpha value is -3.13. The van der Waals surface area contributed by atoms with Gasteiger partial charge in [-0.25, -0.2) is 4.21 Å². The third kappa shape index (κ3) is 5.01. The van der Waals surface area contributed by atoms with E-state index in [1.165, 1.54) is 17.6 Å². The van der Waals surface area contributed by atoms with Crippen LogP contribution in [0.4, 0.5) is 0 Å². The number of benzene rings is 4. The summed E-state index contributed by atoms with van der Waals surface area (Å²) in [5, 5.41) is 10.7. The van der Waals surface area contributed by atoms with E-state index >= 15 is 0 Å². The maximum atomic E-state index is 13.5. The zero-order chi connectivity index (χ0) is 23.3. The maximum absolute atomic E-state index is 13.5. The fourth-order valence-electron chi connectivity index (χ4n) is 3.68. The highest BCUT2D eigenvalue weighted by Gasteiger charge is 2.17. The average Bonchev–Trinajstić information content (AvgIpc) is 3.30. The number of hydrogen-bond acceptors (Lipinski definition) is 5. The van der Waals surface area contributed by atoms with E-state index in [0.29, 0.717) is 18.2 Å². The van der Waals surface area contributed by atoms with Crippen molar-refractivity contribution in [3.8, 4) is 5.75 Å². The molecule has 1 heterocycles. The molecule has 0 saturated heterocycles. The van der Waals surface area contributed by atoms with Crippen LogP contribution in [0.5, 0.6) is 5.75 Å². The lowest BCUT2D eigenvalue weighted by Crippen LogP contribution is -2.01. The minimum atomic E-state index is -1.40. The van der Waals surface area contributed by atoms with Crippen molar-refractivity contribution in [1.82, 2.24) is 10.2 Å². The largest absolute Gasteiger partial charge is 0.493 e. The molecule has 1 atom stereocenters. The second-order valence-corrected chi connectivity index (χ2v) is 10.2. The Balaban J connectivity index is 1.23. The van der Waals surface area contributed by atoms with Crippen LogP contribution >= 0.6 is 12.0 Å². The van der Waals surface area contributed by atoms with E-state index in [9.17, 15) is 4.21 Å². The molecule has 0 amide bonds. The summed E-state index contributed by atoms with van der Waals surface area (Å²) in [6, 6.07) is 27.7. The highest BCUT2D eigenvalue weighted by Crippen LogP contribution is 2.30. The molecule has 1 N–H and O–H groups in total. The highest BCUT2D eigenvalue weighted by atomic mass is 32.2. The molecule has 172 valence electrons. The SMILES string of the molecule is Cc1ccc(SOCCCOc2ccc3n[nH]c(S(=O)c4cccc5ccccc45)c3c2)cc1. The predicted molar refractivity (Wildman–Crippen MR) is 138 cm³/mol. The minimum absolute atomic E-state index is 0.527. The van der Waals surface area contributed by atoms with Crippen molar-refractivity contribution in [2.24, 2.45) is 0 Å². The van der Waals surface area contributed by atoms with Crippen molar-refractivity contribution in [2.45, 2.75) is 28.2 Å². The first-order valence-corrected chi connectivity index (χ1v) is 12.9. The summed E-state index contributed by atoms with van der Waals surface area (Å²) < 4.78 is 25.1. The second-order valence-electron chi connectivity index (χ2n) is 7.90. The Morgan fingerprint density at radius 2 is 1.74 bits per heavy atom. The summed E-state index contributed by atoms with van der Waals surface area (Å²) in [6.45, 7) is 3.18. The predicted octanol–water partition coefficient (Wildman–Crippen LogP) is 6.68. The smallest absolute Gasteiger partial charge is 0.135 e. The van der Waals surface area contributed by atoms with E-state index in [1.54, 1.807) is 0 Å². The Morgan fingerprint density at radius 3 is 2.62 bits per heavy atom. The van der Waals surface area contributed by atoms with Gasteiger partial charge in [-0.2, -0.15) is 5.10 Å².